The van der Waals surface area contributed by atoms with Crippen LogP contribution < -0.4 is 10.6 Å². The molecule has 3 amide bonds. The third-order valence-corrected chi connectivity index (χ3v) is 7.86. The van der Waals surface area contributed by atoms with Crippen LogP contribution in [0.15, 0.2) is 66.7 Å². The predicted octanol–water partition coefficient (Wildman–Crippen LogP) is 2.91. The highest BCUT2D eigenvalue weighted by atomic mass is 35.5. The maximum Gasteiger partial charge on any atom is 0.250 e. The maximum absolute atomic E-state index is 13.9. The SMILES string of the molecule is O=C1[C@@H]2C(Cc3ccc(O)c(O)c3)NC3(C(=O)Nc4ccccc43)[C@@H]2C(=O)N1Cc1ccccc1Cl. The fourth-order valence-electron chi connectivity index (χ4n) is 5.90. The van der Waals surface area contributed by atoms with Gasteiger partial charge in [0.1, 0.15) is 5.54 Å². The Hall–Kier alpha value is -3.88. The maximum atomic E-state index is 13.9. The summed E-state index contributed by atoms with van der Waals surface area (Å²) in [6.45, 7) is 0.0103. The van der Waals surface area contributed by atoms with Crippen molar-refractivity contribution in [2.24, 2.45) is 11.8 Å². The van der Waals surface area contributed by atoms with Crippen molar-refractivity contribution in [1.82, 2.24) is 10.2 Å². The average Bonchev–Trinajstić information content (AvgIpc) is 3.43. The number of nitrogens with zero attached hydrogens (tertiary/aromatic N) is 1. The van der Waals surface area contributed by atoms with E-state index in [2.05, 4.69) is 10.6 Å². The molecule has 4 N–H and O–H groups in total. The molecule has 4 atom stereocenters. The molecule has 9 heteroatoms. The molecule has 182 valence electrons. The van der Waals surface area contributed by atoms with E-state index in [9.17, 15) is 24.6 Å². The molecule has 3 heterocycles. The summed E-state index contributed by atoms with van der Waals surface area (Å²) >= 11 is 6.32. The van der Waals surface area contributed by atoms with Crippen molar-refractivity contribution in [2.45, 2.75) is 24.5 Å². The number of para-hydroxylation sites is 1. The number of nitrogens with one attached hydrogen (secondary N) is 2. The van der Waals surface area contributed by atoms with E-state index in [4.69, 9.17) is 11.6 Å². The number of aromatic hydroxyl groups is 2. The molecule has 3 aromatic rings. The lowest BCUT2D eigenvalue weighted by atomic mass is 9.76. The van der Waals surface area contributed by atoms with Gasteiger partial charge in [0.15, 0.2) is 11.5 Å². The summed E-state index contributed by atoms with van der Waals surface area (Å²) in [5, 5.41) is 26.4. The molecule has 2 unspecified atom stereocenters. The summed E-state index contributed by atoms with van der Waals surface area (Å²) in [5.74, 6) is -3.49. The Kier molecular flexibility index (Phi) is 5.07. The Balaban J connectivity index is 1.44. The molecular formula is C27H22ClN3O5. The Morgan fingerprint density at radius 1 is 0.917 bits per heavy atom. The first-order chi connectivity index (χ1) is 17.3. The zero-order valence-electron chi connectivity index (χ0n) is 18.9. The lowest BCUT2D eigenvalue weighted by Gasteiger charge is -2.29. The number of likely N-dealkylation sites (tertiary alicyclic amines) is 1. The summed E-state index contributed by atoms with van der Waals surface area (Å²) < 4.78 is 0. The van der Waals surface area contributed by atoms with E-state index in [1.165, 1.54) is 17.0 Å². The van der Waals surface area contributed by atoms with Crippen LogP contribution in [0.25, 0.3) is 0 Å². The number of hydrogen-bond acceptors (Lipinski definition) is 6. The minimum absolute atomic E-state index is 0.0103. The van der Waals surface area contributed by atoms with Gasteiger partial charge in [0.2, 0.25) is 17.7 Å². The Morgan fingerprint density at radius 2 is 1.67 bits per heavy atom. The first-order valence-electron chi connectivity index (χ1n) is 11.6. The van der Waals surface area contributed by atoms with Crippen molar-refractivity contribution in [3.63, 3.8) is 0 Å². The number of carbonyl (C=O) groups is 3. The number of fused-ring (bicyclic) bond motifs is 4. The Bertz CT molecular complexity index is 1440. The van der Waals surface area contributed by atoms with E-state index in [1.54, 1.807) is 54.6 Å². The zero-order valence-corrected chi connectivity index (χ0v) is 19.7. The highest BCUT2D eigenvalue weighted by Crippen LogP contribution is 2.53. The number of anilines is 1. The van der Waals surface area contributed by atoms with Gasteiger partial charge < -0.3 is 15.5 Å². The van der Waals surface area contributed by atoms with Crippen LogP contribution in [-0.2, 0) is 32.9 Å². The normalized spacial score (nSPS) is 26.4. The summed E-state index contributed by atoms with van der Waals surface area (Å²) in [6.07, 6.45) is 0.255. The number of phenols is 2. The molecule has 3 aromatic carbocycles. The van der Waals surface area contributed by atoms with E-state index >= 15 is 0 Å². The number of benzene rings is 3. The average molecular weight is 504 g/mol. The van der Waals surface area contributed by atoms with Crippen LogP contribution in [0.1, 0.15) is 16.7 Å². The molecule has 6 rings (SSSR count). The lowest BCUT2D eigenvalue weighted by Crippen LogP contribution is -2.53. The molecule has 1 spiro atoms. The lowest BCUT2D eigenvalue weighted by molar-refractivity contribution is -0.143. The standard InChI is InChI=1S/C27H22ClN3O5/c28-17-7-3-1-5-15(17)13-31-24(34)22-19(11-14-9-10-20(32)21(33)12-14)30-27(23(22)25(31)35)16-6-2-4-8-18(16)29-26(27)36/h1-10,12,19,22-23,30,32-33H,11,13H2,(H,29,36)/t19?,22-,23+,27?/m1/s1. The van der Waals surface area contributed by atoms with Gasteiger partial charge in [-0.3, -0.25) is 24.6 Å². The van der Waals surface area contributed by atoms with Gasteiger partial charge in [0.05, 0.1) is 18.4 Å². The number of rotatable bonds is 4. The molecule has 2 fully saturated rings. The molecule has 3 aliphatic heterocycles. The van der Waals surface area contributed by atoms with Crippen LogP contribution in [0.4, 0.5) is 5.69 Å². The first-order valence-corrected chi connectivity index (χ1v) is 12.0. The van der Waals surface area contributed by atoms with Crippen LogP contribution in [0, 0.1) is 11.8 Å². The van der Waals surface area contributed by atoms with E-state index in [1.807, 2.05) is 0 Å². The van der Waals surface area contributed by atoms with Crippen molar-refractivity contribution in [1.29, 1.82) is 0 Å². The smallest absolute Gasteiger partial charge is 0.250 e. The molecular weight excluding hydrogens is 482 g/mol. The van der Waals surface area contributed by atoms with E-state index in [0.717, 1.165) is 0 Å². The Labute approximate surface area is 211 Å². The number of carbonyl (C=O) groups excluding carboxylic acids is 3. The van der Waals surface area contributed by atoms with Crippen LogP contribution in [0.3, 0.4) is 0 Å². The number of hydrogen-bond donors (Lipinski definition) is 4. The summed E-state index contributed by atoms with van der Waals surface area (Å²) in [5.41, 5.74) is 1.10. The minimum Gasteiger partial charge on any atom is -0.504 e. The van der Waals surface area contributed by atoms with Crippen molar-refractivity contribution in [3.05, 3.63) is 88.4 Å². The molecule has 0 radical (unpaired) electrons. The predicted molar refractivity (Wildman–Crippen MR) is 131 cm³/mol. The van der Waals surface area contributed by atoms with Crippen molar-refractivity contribution in [3.8, 4) is 11.5 Å². The molecule has 0 bridgehead atoms. The Morgan fingerprint density at radius 3 is 2.44 bits per heavy atom. The third-order valence-electron chi connectivity index (χ3n) is 7.50. The fraction of sp³-hybridized carbons (Fsp3) is 0.222. The summed E-state index contributed by atoms with van der Waals surface area (Å²) in [7, 11) is 0. The second-order valence-corrected chi connectivity index (χ2v) is 9.85. The van der Waals surface area contributed by atoms with Crippen LogP contribution in [0.2, 0.25) is 5.02 Å². The van der Waals surface area contributed by atoms with Gasteiger partial charge in [0.25, 0.3) is 0 Å². The van der Waals surface area contributed by atoms with Gasteiger partial charge >= 0.3 is 0 Å². The molecule has 0 saturated carbocycles. The van der Waals surface area contributed by atoms with E-state index in [0.29, 0.717) is 27.4 Å². The largest absolute Gasteiger partial charge is 0.504 e. The number of phenolic OH excluding ortho intramolecular Hbond substituents is 2. The number of imide groups is 1. The molecule has 36 heavy (non-hydrogen) atoms. The van der Waals surface area contributed by atoms with Crippen LogP contribution in [-0.4, -0.2) is 38.9 Å². The summed E-state index contributed by atoms with van der Waals surface area (Å²) in [6, 6.07) is 18.0. The van der Waals surface area contributed by atoms with Gasteiger partial charge in [0, 0.05) is 22.3 Å². The quantitative estimate of drug-likeness (QED) is 0.321. The molecule has 0 aliphatic carbocycles. The topological polar surface area (TPSA) is 119 Å². The third kappa shape index (κ3) is 3.14. The van der Waals surface area contributed by atoms with E-state index < -0.39 is 29.3 Å². The van der Waals surface area contributed by atoms with Crippen molar-refractivity contribution in [2.75, 3.05) is 5.32 Å². The molecule has 3 aliphatic rings. The second-order valence-electron chi connectivity index (χ2n) is 9.44. The van der Waals surface area contributed by atoms with Crippen LogP contribution in [0.5, 0.6) is 11.5 Å². The highest BCUT2D eigenvalue weighted by molar-refractivity contribution is 6.31. The molecule has 8 nitrogen and oxygen atoms in total. The summed E-state index contributed by atoms with van der Waals surface area (Å²) in [4.78, 5) is 42.4. The highest BCUT2D eigenvalue weighted by Gasteiger charge is 2.70. The molecule has 2 saturated heterocycles. The van der Waals surface area contributed by atoms with Gasteiger partial charge in [-0.15, -0.1) is 0 Å². The monoisotopic (exact) mass is 503 g/mol. The van der Waals surface area contributed by atoms with Gasteiger partial charge in [-0.1, -0.05) is 54.1 Å². The number of amides is 3. The van der Waals surface area contributed by atoms with Gasteiger partial charge in [-0.25, -0.2) is 0 Å². The van der Waals surface area contributed by atoms with Crippen molar-refractivity contribution >= 4 is 35.0 Å². The number of halogens is 1. The fourth-order valence-corrected chi connectivity index (χ4v) is 6.09. The van der Waals surface area contributed by atoms with E-state index in [-0.39, 0.29) is 36.3 Å². The molecule has 0 aromatic heterocycles. The first kappa shape index (κ1) is 22.6. The second kappa shape index (κ2) is 8.08. The van der Waals surface area contributed by atoms with Gasteiger partial charge in [-0.05, 0) is 41.8 Å². The van der Waals surface area contributed by atoms with Crippen molar-refractivity contribution < 1.29 is 24.6 Å². The van der Waals surface area contributed by atoms with Crippen LogP contribution >= 0.6 is 11.6 Å². The van der Waals surface area contributed by atoms with Gasteiger partial charge in [-0.2, -0.15) is 0 Å². The zero-order chi connectivity index (χ0) is 25.2. The minimum atomic E-state index is -1.41.